The second-order valence-corrected chi connectivity index (χ2v) is 10.4. The predicted octanol–water partition coefficient (Wildman–Crippen LogP) is 2.59. The maximum Gasteiger partial charge on any atom is 0.241 e. The molecule has 2 unspecified atom stereocenters. The van der Waals surface area contributed by atoms with Gasteiger partial charge in [0.1, 0.15) is 17.5 Å². The molecule has 0 spiro atoms. The summed E-state index contributed by atoms with van der Waals surface area (Å²) >= 11 is 0. The lowest BCUT2D eigenvalue weighted by Crippen LogP contribution is -2.44. The minimum Gasteiger partial charge on any atom is -0.506 e. The molecule has 5 N–H and O–H groups in total. The van der Waals surface area contributed by atoms with Crippen LogP contribution in [0.4, 0.5) is 5.69 Å². The van der Waals surface area contributed by atoms with E-state index in [9.17, 15) is 23.4 Å². The van der Waals surface area contributed by atoms with Crippen molar-refractivity contribution < 1.29 is 28.2 Å². The van der Waals surface area contributed by atoms with Crippen LogP contribution in [-0.2, 0) is 14.8 Å². The first-order chi connectivity index (χ1) is 16.2. The summed E-state index contributed by atoms with van der Waals surface area (Å²) in [6.07, 6.45) is 5.19. The average Bonchev–Trinajstić information content (AvgIpc) is 2.80. The van der Waals surface area contributed by atoms with Crippen molar-refractivity contribution in [3.8, 4) is 11.5 Å². The molecule has 1 aliphatic rings. The Balaban J connectivity index is 1.75. The van der Waals surface area contributed by atoms with E-state index in [4.69, 9.17) is 4.74 Å². The van der Waals surface area contributed by atoms with Gasteiger partial charge in [-0.15, -0.1) is 0 Å². The average molecular weight is 492 g/mol. The molecule has 2 aromatic carbocycles. The number of carbonyl (C=O) groups excluding carboxylic acids is 1. The van der Waals surface area contributed by atoms with Gasteiger partial charge in [0.25, 0.3) is 0 Å². The first kappa shape index (κ1) is 25.8. The number of hydrogen-bond acceptors (Lipinski definition) is 7. The van der Waals surface area contributed by atoms with Gasteiger partial charge in [0.2, 0.25) is 15.9 Å². The third kappa shape index (κ3) is 7.34. The number of rotatable bonds is 10. The first-order valence-electron chi connectivity index (χ1n) is 11.3. The van der Waals surface area contributed by atoms with Crippen LogP contribution >= 0.6 is 0 Å². The fraction of sp³-hybridized carbons (Fsp3) is 0.458. The number of sulfonamides is 1. The monoisotopic (exact) mass is 491 g/mol. The van der Waals surface area contributed by atoms with Crippen LogP contribution < -0.4 is 20.1 Å². The van der Waals surface area contributed by atoms with Gasteiger partial charge in [0, 0.05) is 12.6 Å². The van der Waals surface area contributed by atoms with Gasteiger partial charge in [-0.2, -0.15) is 0 Å². The maximum atomic E-state index is 13.2. The number of hydrogen-bond donors (Lipinski definition) is 5. The maximum absolute atomic E-state index is 13.2. The van der Waals surface area contributed by atoms with Gasteiger partial charge in [0.05, 0.1) is 25.2 Å². The molecule has 1 saturated carbocycles. The van der Waals surface area contributed by atoms with Crippen LogP contribution in [0.15, 0.2) is 42.5 Å². The number of aromatic hydroxyl groups is 1. The first-order valence-corrected chi connectivity index (χ1v) is 13.2. The molecule has 186 valence electrons. The van der Waals surface area contributed by atoms with Crippen LogP contribution in [0.1, 0.15) is 55.4 Å². The van der Waals surface area contributed by atoms with Crippen molar-refractivity contribution in [2.75, 3.05) is 24.6 Å². The lowest BCUT2D eigenvalue weighted by Gasteiger charge is -2.27. The normalized spacial score (nSPS) is 16.4. The van der Waals surface area contributed by atoms with E-state index in [1.807, 2.05) is 0 Å². The molecule has 2 aromatic rings. The minimum absolute atomic E-state index is 0.0257. The lowest BCUT2D eigenvalue weighted by atomic mass is 9.95. The van der Waals surface area contributed by atoms with Crippen molar-refractivity contribution >= 4 is 21.6 Å². The topological polar surface area (TPSA) is 137 Å². The van der Waals surface area contributed by atoms with Gasteiger partial charge in [-0.1, -0.05) is 37.5 Å². The zero-order valence-corrected chi connectivity index (χ0v) is 20.3. The number of phenols is 1. The molecule has 1 aliphatic carbocycles. The molecule has 34 heavy (non-hydrogen) atoms. The molecule has 0 aliphatic heterocycles. The van der Waals surface area contributed by atoms with Crippen LogP contribution in [-0.4, -0.2) is 50.5 Å². The number of nitrogens with one attached hydrogen (secondary N) is 3. The summed E-state index contributed by atoms with van der Waals surface area (Å²) in [6.45, 7) is 0.0257. The second-order valence-electron chi connectivity index (χ2n) is 8.62. The van der Waals surface area contributed by atoms with Gasteiger partial charge in [-0.05, 0) is 48.2 Å². The quantitative estimate of drug-likeness (QED) is 0.322. The Labute approximate surface area is 200 Å². The van der Waals surface area contributed by atoms with Crippen molar-refractivity contribution in [3.63, 3.8) is 0 Å². The zero-order chi connectivity index (χ0) is 24.7. The number of ether oxygens (including phenoxy) is 1. The Hall–Kier alpha value is -2.82. The van der Waals surface area contributed by atoms with Crippen molar-refractivity contribution in [2.24, 2.45) is 0 Å². The Morgan fingerprint density at radius 3 is 2.35 bits per heavy atom. The van der Waals surface area contributed by atoms with E-state index >= 15 is 0 Å². The molecular formula is C24H33N3O6S. The largest absolute Gasteiger partial charge is 0.506 e. The van der Waals surface area contributed by atoms with Crippen molar-refractivity contribution in [1.29, 1.82) is 0 Å². The van der Waals surface area contributed by atoms with Crippen LogP contribution in [0, 0.1) is 0 Å². The molecule has 0 radical (unpaired) electrons. The molecular weight excluding hydrogens is 458 g/mol. The number of aliphatic hydroxyl groups is 1. The van der Waals surface area contributed by atoms with Crippen molar-refractivity contribution in [1.82, 2.24) is 10.6 Å². The molecule has 9 nitrogen and oxygen atoms in total. The van der Waals surface area contributed by atoms with Crippen molar-refractivity contribution in [2.45, 2.75) is 50.3 Å². The predicted molar refractivity (Wildman–Crippen MR) is 130 cm³/mol. The number of methoxy groups -OCH3 is 1. The molecule has 1 fully saturated rings. The third-order valence-electron chi connectivity index (χ3n) is 5.88. The summed E-state index contributed by atoms with van der Waals surface area (Å²) in [4.78, 5) is 13.2. The Kier molecular flexibility index (Phi) is 8.76. The molecule has 0 bridgehead atoms. The van der Waals surface area contributed by atoms with Crippen LogP contribution in [0.5, 0.6) is 11.5 Å². The number of carbonyl (C=O) groups is 1. The van der Waals surface area contributed by atoms with E-state index in [-0.39, 0.29) is 29.9 Å². The highest BCUT2D eigenvalue weighted by Crippen LogP contribution is 2.28. The van der Waals surface area contributed by atoms with Crippen LogP contribution in [0.2, 0.25) is 0 Å². The summed E-state index contributed by atoms with van der Waals surface area (Å²) in [5, 5.41) is 26.9. The van der Waals surface area contributed by atoms with Gasteiger partial charge in [0.15, 0.2) is 0 Å². The summed E-state index contributed by atoms with van der Waals surface area (Å²) in [5.74, 6) is 0.247. The van der Waals surface area contributed by atoms with E-state index in [0.717, 1.165) is 37.5 Å². The molecule has 0 aromatic heterocycles. The van der Waals surface area contributed by atoms with E-state index in [0.29, 0.717) is 11.3 Å². The molecule has 2 atom stereocenters. The fourth-order valence-electron chi connectivity index (χ4n) is 4.08. The highest BCUT2D eigenvalue weighted by molar-refractivity contribution is 7.92. The smallest absolute Gasteiger partial charge is 0.241 e. The van der Waals surface area contributed by atoms with Crippen LogP contribution in [0.3, 0.4) is 0 Å². The van der Waals surface area contributed by atoms with E-state index in [2.05, 4.69) is 15.4 Å². The summed E-state index contributed by atoms with van der Waals surface area (Å²) in [7, 11) is -2.03. The van der Waals surface area contributed by atoms with Gasteiger partial charge < -0.3 is 20.3 Å². The zero-order valence-electron chi connectivity index (χ0n) is 19.5. The number of anilines is 1. The highest BCUT2D eigenvalue weighted by atomic mass is 32.2. The summed E-state index contributed by atoms with van der Waals surface area (Å²) < 4.78 is 30.5. The molecule has 1 amide bonds. The van der Waals surface area contributed by atoms with E-state index in [1.165, 1.54) is 24.6 Å². The van der Waals surface area contributed by atoms with Gasteiger partial charge >= 0.3 is 0 Å². The summed E-state index contributed by atoms with van der Waals surface area (Å²) in [5.41, 5.74) is 1.09. The minimum atomic E-state index is -3.61. The molecule has 3 rings (SSSR count). The van der Waals surface area contributed by atoms with Crippen molar-refractivity contribution in [3.05, 3.63) is 53.6 Å². The molecule has 10 heteroatoms. The summed E-state index contributed by atoms with van der Waals surface area (Å²) in [6, 6.07) is 10.8. The highest BCUT2D eigenvalue weighted by Gasteiger charge is 2.25. The van der Waals surface area contributed by atoms with E-state index in [1.54, 1.807) is 31.4 Å². The Bertz CT molecular complexity index is 1070. The van der Waals surface area contributed by atoms with Crippen LogP contribution in [0.25, 0.3) is 0 Å². The number of amides is 1. The van der Waals surface area contributed by atoms with Gasteiger partial charge in [-0.3, -0.25) is 14.8 Å². The van der Waals surface area contributed by atoms with Gasteiger partial charge in [-0.25, -0.2) is 8.42 Å². The molecule has 0 saturated heterocycles. The standard InChI is InChI=1S/C24H33N3O6S/c1-33-19-11-8-16(9-12-19)23(24(30)26-18-6-4-3-5-7-18)25-15-22(29)17-10-13-21(28)20(14-17)27-34(2,31)32/h8-14,18,22-23,25,27-29H,3-7,15H2,1-2H3,(H,26,30). The fourth-order valence-corrected chi connectivity index (χ4v) is 4.64. The Morgan fingerprint density at radius 1 is 1.09 bits per heavy atom. The Morgan fingerprint density at radius 2 is 1.74 bits per heavy atom. The lowest BCUT2D eigenvalue weighted by molar-refractivity contribution is -0.124. The third-order valence-corrected chi connectivity index (χ3v) is 6.47. The number of benzene rings is 2. The number of phenolic OH excluding ortho intramolecular Hbond substituents is 1. The number of aliphatic hydroxyl groups excluding tert-OH is 1. The SMILES string of the molecule is COc1ccc(C(NCC(O)c2ccc(O)c(NS(C)(=O)=O)c2)C(=O)NC2CCCCC2)cc1. The second kappa shape index (κ2) is 11.5. The molecule has 0 heterocycles. The van der Waals surface area contributed by atoms with E-state index < -0.39 is 22.2 Å².